The number of hydrogen-bond donors (Lipinski definition) is 3. The van der Waals surface area contributed by atoms with Gasteiger partial charge in [0.05, 0.1) is 76.4 Å². The van der Waals surface area contributed by atoms with E-state index in [1.807, 2.05) is 44.2 Å². The molecule has 3 aromatic carbocycles. The van der Waals surface area contributed by atoms with E-state index in [0.717, 1.165) is 147 Å². The monoisotopic (exact) mass is 989 g/mol. The first-order chi connectivity index (χ1) is 34.4. The average Bonchev–Trinajstić information content (AvgIpc) is 3.32. The van der Waals surface area contributed by atoms with E-state index >= 15 is 0 Å². The van der Waals surface area contributed by atoms with Crippen molar-refractivity contribution in [2.75, 3.05) is 194 Å². The average molecular weight is 989 g/mol. The number of hydrogen-bond acceptors (Lipinski definition) is 16. The Bertz CT molecular complexity index is 1980. The lowest BCUT2D eigenvalue weighted by Gasteiger charge is -2.39. The Labute approximate surface area is 425 Å². The van der Waals surface area contributed by atoms with Gasteiger partial charge in [-0.25, -0.2) is 0 Å². The fourth-order valence-corrected chi connectivity index (χ4v) is 10.2. The fraction of sp³-hybridized carbons (Fsp3) is 0.673. The van der Waals surface area contributed by atoms with E-state index in [1.165, 1.54) is 0 Å². The first kappa shape index (κ1) is 55.0. The molecule has 6 aliphatic rings. The summed E-state index contributed by atoms with van der Waals surface area (Å²) < 4.78 is 31.6. The molecule has 3 aromatic rings. The van der Waals surface area contributed by atoms with Gasteiger partial charge >= 0.3 is 0 Å². The molecule has 0 saturated carbocycles. The molecule has 0 unspecified atom stereocenters. The van der Waals surface area contributed by atoms with Crippen molar-refractivity contribution in [3.63, 3.8) is 0 Å². The van der Waals surface area contributed by atoms with Gasteiger partial charge in [-0.1, -0.05) is 36.4 Å². The zero-order chi connectivity index (χ0) is 49.9. The van der Waals surface area contributed by atoms with Gasteiger partial charge < -0.3 is 48.8 Å². The summed E-state index contributed by atoms with van der Waals surface area (Å²) >= 11 is 0. The summed E-state index contributed by atoms with van der Waals surface area (Å²) in [5.41, 5.74) is 2.41. The molecule has 0 amide bonds. The van der Waals surface area contributed by atoms with Crippen LogP contribution in [0.4, 0.5) is 11.4 Å². The second-order valence-electron chi connectivity index (χ2n) is 21.1. The number of fused-ring (bicyclic) bond motifs is 28. The Morgan fingerprint density at radius 2 is 0.859 bits per heavy atom. The molecule has 0 aromatic heterocycles. The third-order valence-corrected chi connectivity index (χ3v) is 14.1. The van der Waals surface area contributed by atoms with Gasteiger partial charge in [0, 0.05) is 142 Å². The number of rotatable bonds is 10. The van der Waals surface area contributed by atoms with Gasteiger partial charge in [0.2, 0.25) is 0 Å². The summed E-state index contributed by atoms with van der Waals surface area (Å²) in [6, 6.07) is 22.1. The summed E-state index contributed by atoms with van der Waals surface area (Å²) in [4.78, 5) is 19.4. The maximum absolute atomic E-state index is 11.8. The van der Waals surface area contributed by atoms with Gasteiger partial charge in [0.15, 0.2) is 0 Å². The maximum Gasteiger partial charge on any atom is 0.123 e. The van der Waals surface area contributed by atoms with Gasteiger partial charge in [0.1, 0.15) is 22.8 Å². The lowest BCUT2D eigenvalue weighted by Crippen LogP contribution is -2.47. The van der Waals surface area contributed by atoms with Gasteiger partial charge in [-0.2, -0.15) is 0 Å². The molecule has 6 heterocycles. The maximum atomic E-state index is 11.8. The molecule has 4 bridgehead atoms. The minimum Gasteiger partial charge on any atom is -0.508 e. The minimum absolute atomic E-state index is 0.223. The fourth-order valence-electron chi connectivity index (χ4n) is 10.2. The van der Waals surface area contributed by atoms with Crippen molar-refractivity contribution in [2.24, 2.45) is 0 Å². The zero-order valence-corrected chi connectivity index (χ0v) is 43.7. The smallest absolute Gasteiger partial charge is 0.123 e. The van der Waals surface area contributed by atoms with Crippen LogP contribution in [0.25, 0.3) is 0 Å². The Morgan fingerprint density at radius 3 is 1.30 bits per heavy atom. The molecule has 9 rings (SSSR count). The first-order valence-electron chi connectivity index (χ1n) is 26.6. The van der Waals surface area contributed by atoms with Crippen LogP contribution in [0, 0.1) is 0 Å². The molecule has 6 aliphatic heterocycles. The minimum atomic E-state index is -0.912. The standard InChI is InChI=1S/C55H88N8O8/c1-54(2,66)45-62-24-22-58-30-38-69-40-32-59(33-41-70-39-31-58)23-25-63(51-12-7-6-11-50(51)62)46-55(3,4)71-49-15-14-48(53(65)42-49)44-61-17-9-16-60(43-47-10-5-8-13-52(47)64)20-18-56-26-34-67-36-28-57(19-21-61)29-37-68-35-27-56/h5-8,10-15,42,64-66H,9,16-41,43-46H2,1-4H3. The van der Waals surface area contributed by atoms with Crippen LogP contribution in [0.1, 0.15) is 45.2 Å². The number of para-hydroxylation sites is 3. The molecule has 16 heteroatoms. The number of phenolic OH excluding ortho intramolecular Hbond substituents is 2. The predicted octanol–water partition coefficient (Wildman–Crippen LogP) is 4.36. The number of aliphatic hydroxyl groups is 1. The van der Waals surface area contributed by atoms with E-state index in [9.17, 15) is 15.3 Å². The highest BCUT2D eigenvalue weighted by Crippen LogP contribution is 2.34. The second kappa shape index (κ2) is 28.0. The van der Waals surface area contributed by atoms with Gasteiger partial charge in [-0.05, 0) is 71.5 Å². The molecule has 396 valence electrons. The number of ether oxygens (including phenoxy) is 5. The van der Waals surface area contributed by atoms with Crippen molar-refractivity contribution in [2.45, 2.75) is 58.4 Å². The topological polar surface area (TPSA) is 133 Å². The van der Waals surface area contributed by atoms with Crippen molar-refractivity contribution in [3.05, 3.63) is 77.9 Å². The summed E-state index contributed by atoms with van der Waals surface area (Å²) in [6.07, 6.45) is 0.947. The van der Waals surface area contributed by atoms with E-state index in [-0.39, 0.29) is 5.75 Å². The SMILES string of the molecule is CC(C)(O)CN1CCN2CCOCCN(CCOCC2)CCN(CC(C)(C)Oc2ccc(CN3CCCN(Cc4ccccc4O)CCN4CCOCCN(CCOCC4)CC3)c(O)c2)c2ccccc21. The van der Waals surface area contributed by atoms with Gasteiger partial charge in [0.25, 0.3) is 0 Å². The van der Waals surface area contributed by atoms with E-state index < -0.39 is 11.2 Å². The lowest BCUT2D eigenvalue weighted by atomic mass is 10.1. The van der Waals surface area contributed by atoms with Crippen molar-refractivity contribution in [1.82, 2.24) is 29.4 Å². The Balaban J connectivity index is 1.08. The van der Waals surface area contributed by atoms with E-state index in [2.05, 4.69) is 77.3 Å². The van der Waals surface area contributed by atoms with Crippen molar-refractivity contribution < 1.29 is 39.0 Å². The van der Waals surface area contributed by atoms with Crippen molar-refractivity contribution in [1.29, 1.82) is 0 Å². The molecule has 71 heavy (non-hydrogen) atoms. The summed E-state index contributed by atoms with van der Waals surface area (Å²) in [7, 11) is 0. The van der Waals surface area contributed by atoms with Crippen LogP contribution < -0.4 is 14.5 Å². The molecule has 16 nitrogen and oxygen atoms in total. The van der Waals surface area contributed by atoms with Crippen LogP contribution in [0.2, 0.25) is 0 Å². The normalized spacial score (nSPS) is 24.5. The van der Waals surface area contributed by atoms with Gasteiger partial charge in [-0.3, -0.25) is 29.4 Å². The van der Waals surface area contributed by atoms with Crippen LogP contribution in [-0.4, -0.2) is 240 Å². The van der Waals surface area contributed by atoms with Crippen LogP contribution in [0.15, 0.2) is 66.7 Å². The largest absolute Gasteiger partial charge is 0.508 e. The number of phenols is 2. The molecule has 4 saturated heterocycles. The molecule has 4 fully saturated rings. The van der Waals surface area contributed by atoms with E-state index in [0.29, 0.717) is 90.5 Å². The number of anilines is 2. The van der Waals surface area contributed by atoms with E-state index in [1.54, 1.807) is 12.1 Å². The molecule has 0 atom stereocenters. The van der Waals surface area contributed by atoms with E-state index in [4.69, 9.17) is 23.7 Å². The summed E-state index contributed by atoms with van der Waals surface area (Å²) in [6.45, 7) is 30.8. The number of aromatic hydroxyl groups is 2. The third-order valence-electron chi connectivity index (χ3n) is 14.1. The molecule has 3 N–H and O–H groups in total. The number of nitrogens with zero attached hydrogens (tertiary/aromatic N) is 8. The van der Waals surface area contributed by atoms with Crippen LogP contribution >= 0.6 is 0 Å². The summed E-state index contributed by atoms with van der Waals surface area (Å²) in [5, 5.41) is 33.7. The second-order valence-corrected chi connectivity index (χ2v) is 21.1. The molecule has 0 radical (unpaired) electrons. The zero-order valence-electron chi connectivity index (χ0n) is 43.7. The molecule has 0 aliphatic carbocycles. The Hall–Kier alpha value is -3.78. The van der Waals surface area contributed by atoms with Crippen LogP contribution in [0.5, 0.6) is 17.2 Å². The third kappa shape index (κ3) is 18.9. The highest BCUT2D eigenvalue weighted by molar-refractivity contribution is 5.72. The van der Waals surface area contributed by atoms with Crippen LogP contribution in [0.3, 0.4) is 0 Å². The van der Waals surface area contributed by atoms with Crippen molar-refractivity contribution >= 4 is 11.4 Å². The first-order valence-corrected chi connectivity index (χ1v) is 26.6. The van der Waals surface area contributed by atoms with Crippen molar-refractivity contribution in [3.8, 4) is 17.2 Å². The highest BCUT2D eigenvalue weighted by Gasteiger charge is 2.29. The Morgan fingerprint density at radius 1 is 0.451 bits per heavy atom. The quantitative estimate of drug-likeness (QED) is 0.266. The molecular weight excluding hydrogens is 901 g/mol. The molecule has 0 spiro atoms. The number of benzene rings is 3. The highest BCUT2D eigenvalue weighted by atomic mass is 16.5. The predicted molar refractivity (Wildman–Crippen MR) is 282 cm³/mol. The molecular formula is C55H88N8O8. The van der Waals surface area contributed by atoms with Crippen LogP contribution in [-0.2, 0) is 32.0 Å². The Kier molecular flexibility index (Phi) is 21.7. The van der Waals surface area contributed by atoms with Gasteiger partial charge in [-0.15, -0.1) is 0 Å². The lowest BCUT2D eigenvalue weighted by molar-refractivity contribution is 0.0313. The summed E-state index contributed by atoms with van der Waals surface area (Å²) in [5.74, 6) is 1.18.